The number of benzene rings is 2. The number of nitrogens with one attached hydrogen (secondary N) is 1. The maximum absolute atomic E-state index is 14.1. The van der Waals surface area contributed by atoms with Gasteiger partial charge in [-0.05, 0) is 55.3 Å². The smallest absolute Gasteiger partial charge is 0.258 e. The molecule has 2 amide bonds. The number of halogens is 2. The van der Waals surface area contributed by atoms with Gasteiger partial charge in [0, 0.05) is 15.9 Å². The second-order valence-electron chi connectivity index (χ2n) is 6.20. The number of carbonyl (C=O) groups is 2. The van der Waals surface area contributed by atoms with Crippen LogP contribution in [0.4, 0.5) is 10.1 Å². The van der Waals surface area contributed by atoms with Gasteiger partial charge in [0.25, 0.3) is 5.91 Å². The molecule has 1 heterocycles. The first-order chi connectivity index (χ1) is 12.4. The summed E-state index contributed by atoms with van der Waals surface area (Å²) in [6.07, 6.45) is 0. The molecule has 1 aliphatic rings. The zero-order valence-electron chi connectivity index (χ0n) is 14.4. The Hall–Kier alpha value is -1.86. The number of hydrogen-bond donors (Lipinski definition) is 1. The van der Waals surface area contributed by atoms with Gasteiger partial charge in [-0.15, -0.1) is 11.8 Å². The average Bonchev–Trinajstić information content (AvgIpc) is 3.07. The Morgan fingerprint density at radius 2 is 1.96 bits per heavy atom. The predicted molar refractivity (Wildman–Crippen MR) is 106 cm³/mol. The van der Waals surface area contributed by atoms with Crippen molar-refractivity contribution in [3.05, 3.63) is 63.4 Å². The Bertz CT molecular complexity index is 875. The van der Waals surface area contributed by atoms with Crippen molar-refractivity contribution in [2.75, 3.05) is 16.9 Å². The summed E-state index contributed by atoms with van der Waals surface area (Å²) in [6, 6.07) is 9.35. The number of rotatable bonds is 3. The van der Waals surface area contributed by atoms with E-state index in [9.17, 15) is 14.0 Å². The van der Waals surface area contributed by atoms with Gasteiger partial charge in [-0.3, -0.25) is 9.59 Å². The first-order valence-corrected chi connectivity index (χ1v) is 10.0. The third kappa shape index (κ3) is 3.94. The fraction of sp³-hybridized carbons (Fsp3) is 0.263. The maximum atomic E-state index is 14.1. The number of thioether (sulfide) groups is 1. The molecule has 7 heteroatoms. The fourth-order valence-corrected chi connectivity index (χ4v) is 4.21. The van der Waals surface area contributed by atoms with Crippen molar-refractivity contribution in [3.63, 3.8) is 0 Å². The second-order valence-corrected chi connectivity index (χ2v) is 8.12. The quantitative estimate of drug-likeness (QED) is 0.777. The Kier molecular flexibility index (Phi) is 5.67. The number of carbonyl (C=O) groups excluding carboxylic acids is 2. The van der Waals surface area contributed by atoms with E-state index in [-0.39, 0.29) is 11.5 Å². The lowest BCUT2D eigenvalue weighted by Gasteiger charge is -2.23. The molecule has 136 valence electrons. The van der Waals surface area contributed by atoms with Crippen molar-refractivity contribution in [2.45, 2.75) is 19.9 Å². The van der Waals surface area contributed by atoms with Gasteiger partial charge in [0.15, 0.2) is 0 Å². The summed E-state index contributed by atoms with van der Waals surface area (Å²) in [5, 5.41) is 2.86. The largest absolute Gasteiger partial charge is 0.324 e. The minimum atomic E-state index is -0.628. The SMILES string of the molecule is Cc1ccc(NC(=O)C2CSCN2C(=O)c2ccc(Br)cc2F)cc1C. The third-order valence-corrected chi connectivity index (χ3v) is 5.89. The molecule has 26 heavy (non-hydrogen) atoms. The lowest BCUT2D eigenvalue weighted by molar-refractivity contribution is -0.119. The van der Waals surface area contributed by atoms with Gasteiger partial charge in [-0.25, -0.2) is 4.39 Å². The summed E-state index contributed by atoms with van der Waals surface area (Å²) in [4.78, 5) is 26.8. The Morgan fingerprint density at radius 3 is 2.65 bits per heavy atom. The van der Waals surface area contributed by atoms with Gasteiger partial charge in [0.05, 0.1) is 11.4 Å². The van der Waals surface area contributed by atoms with Crippen LogP contribution in [0, 0.1) is 19.7 Å². The van der Waals surface area contributed by atoms with E-state index in [2.05, 4.69) is 21.2 Å². The summed E-state index contributed by atoms with van der Waals surface area (Å²) >= 11 is 4.66. The van der Waals surface area contributed by atoms with Gasteiger partial charge in [0.2, 0.25) is 5.91 Å². The molecule has 0 radical (unpaired) electrons. The van der Waals surface area contributed by atoms with E-state index in [1.165, 1.54) is 28.8 Å². The summed E-state index contributed by atoms with van der Waals surface area (Å²) in [5.41, 5.74) is 2.88. The summed E-state index contributed by atoms with van der Waals surface area (Å²) in [6.45, 7) is 3.98. The second kappa shape index (κ2) is 7.80. The van der Waals surface area contributed by atoms with Crippen molar-refractivity contribution in [1.29, 1.82) is 0 Å². The lowest BCUT2D eigenvalue weighted by Crippen LogP contribution is -2.44. The van der Waals surface area contributed by atoms with E-state index in [4.69, 9.17) is 0 Å². The van der Waals surface area contributed by atoms with Crippen LogP contribution in [-0.2, 0) is 4.79 Å². The molecule has 0 aromatic heterocycles. The highest BCUT2D eigenvalue weighted by molar-refractivity contribution is 9.10. The number of anilines is 1. The highest BCUT2D eigenvalue weighted by Gasteiger charge is 2.36. The number of aryl methyl sites for hydroxylation is 2. The van der Waals surface area contributed by atoms with Gasteiger partial charge < -0.3 is 10.2 Å². The number of amides is 2. The molecule has 1 N–H and O–H groups in total. The number of hydrogen-bond acceptors (Lipinski definition) is 3. The zero-order valence-corrected chi connectivity index (χ0v) is 16.8. The minimum absolute atomic E-state index is 0.0281. The van der Waals surface area contributed by atoms with Crippen molar-refractivity contribution in [3.8, 4) is 0 Å². The zero-order chi connectivity index (χ0) is 18.8. The van der Waals surface area contributed by atoms with E-state index < -0.39 is 17.8 Å². The molecule has 1 atom stereocenters. The van der Waals surface area contributed by atoms with Crippen molar-refractivity contribution < 1.29 is 14.0 Å². The summed E-state index contributed by atoms with van der Waals surface area (Å²) in [7, 11) is 0. The van der Waals surface area contributed by atoms with Crippen LogP contribution in [0.2, 0.25) is 0 Å². The molecule has 1 aliphatic heterocycles. The maximum Gasteiger partial charge on any atom is 0.258 e. The van der Waals surface area contributed by atoms with Crippen molar-refractivity contribution >= 4 is 45.2 Å². The van der Waals surface area contributed by atoms with Crippen molar-refractivity contribution in [1.82, 2.24) is 4.90 Å². The lowest BCUT2D eigenvalue weighted by atomic mass is 10.1. The van der Waals surface area contributed by atoms with E-state index in [0.717, 1.165) is 11.1 Å². The molecule has 0 bridgehead atoms. The first-order valence-electron chi connectivity index (χ1n) is 8.08. The summed E-state index contributed by atoms with van der Waals surface area (Å²) < 4.78 is 14.7. The molecule has 1 saturated heterocycles. The van der Waals surface area contributed by atoms with Crippen LogP contribution in [0.25, 0.3) is 0 Å². The monoisotopic (exact) mass is 436 g/mol. The van der Waals surface area contributed by atoms with E-state index in [1.54, 1.807) is 6.07 Å². The van der Waals surface area contributed by atoms with Gasteiger partial charge in [-0.1, -0.05) is 22.0 Å². The Balaban J connectivity index is 1.77. The highest BCUT2D eigenvalue weighted by Crippen LogP contribution is 2.26. The minimum Gasteiger partial charge on any atom is -0.324 e. The normalized spacial score (nSPS) is 16.6. The molecule has 2 aromatic rings. The standard InChI is InChI=1S/C19H18BrFN2O2S/c1-11-3-5-14(7-12(11)2)22-18(24)17-9-26-10-23(17)19(25)15-6-4-13(20)8-16(15)21/h3-8,17H,9-10H2,1-2H3,(H,22,24). The Labute approximate surface area is 164 Å². The van der Waals surface area contributed by atoms with Crippen LogP contribution >= 0.6 is 27.7 Å². The molecular formula is C19H18BrFN2O2S. The van der Waals surface area contributed by atoms with Crippen LogP contribution in [0.15, 0.2) is 40.9 Å². The fourth-order valence-electron chi connectivity index (χ4n) is 2.72. The van der Waals surface area contributed by atoms with E-state index in [0.29, 0.717) is 21.8 Å². The molecule has 0 aliphatic carbocycles. The van der Waals surface area contributed by atoms with Gasteiger partial charge in [0.1, 0.15) is 11.9 Å². The predicted octanol–water partition coefficient (Wildman–Crippen LogP) is 4.36. The summed E-state index contributed by atoms with van der Waals surface area (Å²) in [5.74, 6) is -0.487. The average molecular weight is 437 g/mol. The van der Waals surface area contributed by atoms with Crippen LogP contribution in [0.1, 0.15) is 21.5 Å². The molecule has 0 saturated carbocycles. The molecule has 2 aromatic carbocycles. The first kappa shape index (κ1) is 18.9. The van der Waals surface area contributed by atoms with Crippen LogP contribution < -0.4 is 5.32 Å². The van der Waals surface area contributed by atoms with E-state index >= 15 is 0 Å². The molecular weight excluding hydrogens is 419 g/mol. The number of nitrogens with zero attached hydrogens (tertiary/aromatic N) is 1. The van der Waals surface area contributed by atoms with Crippen molar-refractivity contribution in [2.24, 2.45) is 0 Å². The molecule has 3 rings (SSSR count). The van der Waals surface area contributed by atoms with Crippen LogP contribution in [0.5, 0.6) is 0 Å². The van der Waals surface area contributed by atoms with E-state index in [1.807, 2.05) is 32.0 Å². The molecule has 4 nitrogen and oxygen atoms in total. The van der Waals surface area contributed by atoms with Gasteiger partial charge >= 0.3 is 0 Å². The van der Waals surface area contributed by atoms with Crippen LogP contribution in [-0.4, -0.2) is 34.4 Å². The Morgan fingerprint density at radius 1 is 1.19 bits per heavy atom. The highest BCUT2D eigenvalue weighted by atomic mass is 79.9. The molecule has 1 fully saturated rings. The molecule has 1 unspecified atom stereocenters. The van der Waals surface area contributed by atoms with Crippen LogP contribution in [0.3, 0.4) is 0 Å². The van der Waals surface area contributed by atoms with Gasteiger partial charge in [-0.2, -0.15) is 0 Å². The topological polar surface area (TPSA) is 49.4 Å². The third-order valence-electron chi connectivity index (χ3n) is 4.38. The molecule has 0 spiro atoms.